The number of amides is 1. The van der Waals surface area contributed by atoms with Crippen LogP contribution < -0.4 is 10.6 Å². The van der Waals surface area contributed by atoms with Gasteiger partial charge in [0.05, 0.1) is 0 Å². The van der Waals surface area contributed by atoms with Crippen LogP contribution in [0.4, 0.5) is 18.9 Å². The van der Waals surface area contributed by atoms with Crippen LogP contribution in [0.3, 0.4) is 0 Å². The summed E-state index contributed by atoms with van der Waals surface area (Å²) in [5.74, 6) is -1.89. The quantitative estimate of drug-likeness (QED) is 0.708. The molecule has 0 spiro atoms. The molecule has 6 heteroatoms. The summed E-state index contributed by atoms with van der Waals surface area (Å²) in [6.07, 6.45) is -2.85. The summed E-state index contributed by atoms with van der Waals surface area (Å²) >= 11 is 0. The summed E-state index contributed by atoms with van der Waals surface area (Å²) in [4.78, 5) is 10.7. The van der Waals surface area contributed by atoms with Crippen LogP contribution in [0.2, 0.25) is 0 Å². The smallest absolute Gasteiger partial charge is 0.385 e. The minimum atomic E-state index is -4.82. The monoisotopic (exact) mass is 350 g/mol. The van der Waals surface area contributed by atoms with E-state index in [9.17, 15) is 18.0 Å². The number of rotatable bonds is 8. The highest BCUT2D eigenvalue weighted by Gasteiger charge is 2.38. The number of carbonyl (C=O) groups excluding carboxylic acids is 1. The maximum absolute atomic E-state index is 12.1. The maximum Gasteiger partial charge on any atom is 0.471 e. The van der Waals surface area contributed by atoms with Crippen LogP contribution in [0.5, 0.6) is 0 Å². The van der Waals surface area contributed by atoms with Gasteiger partial charge in [0.25, 0.3) is 0 Å². The summed E-state index contributed by atoms with van der Waals surface area (Å²) in [6.45, 7) is 0.805. The molecule has 0 saturated heterocycles. The summed E-state index contributed by atoms with van der Waals surface area (Å²) in [7, 11) is 0. The highest BCUT2D eigenvalue weighted by molar-refractivity contribution is 5.81. The molecule has 25 heavy (non-hydrogen) atoms. The maximum atomic E-state index is 12.1. The number of anilines is 1. The average molecular weight is 350 g/mol. The molecule has 2 N–H and O–H groups in total. The van der Waals surface area contributed by atoms with Crippen molar-refractivity contribution in [2.75, 3.05) is 18.4 Å². The molecule has 0 unspecified atom stereocenters. The van der Waals surface area contributed by atoms with Crippen molar-refractivity contribution in [1.29, 1.82) is 0 Å². The molecule has 0 aliphatic carbocycles. The number of benzene rings is 2. The molecule has 3 nitrogen and oxygen atoms in total. The van der Waals surface area contributed by atoms with Crippen LogP contribution in [0.1, 0.15) is 17.5 Å². The lowest BCUT2D eigenvalue weighted by Crippen LogP contribution is -2.37. The third-order valence-corrected chi connectivity index (χ3v) is 3.70. The van der Waals surface area contributed by atoms with E-state index in [1.807, 2.05) is 47.8 Å². The highest BCUT2D eigenvalue weighted by atomic mass is 19.4. The van der Waals surface area contributed by atoms with Gasteiger partial charge in [0.15, 0.2) is 0 Å². The van der Waals surface area contributed by atoms with Gasteiger partial charge in [-0.1, -0.05) is 42.5 Å². The third-order valence-electron chi connectivity index (χ3n) is 3.70. The Morgan fingerprint density at radius 2 is 1.60 bits per heavy atom. The second kappa shape index (κ2) is 9.11. The summed E-state index contributed by atoms with van der Waals surface area (Å²) in [5, 5.41) is 5.22. The van der Waals surface area contributed by atoms with Crippen LogP contribution in [0, 0.1) is 0 Å². The predicted octanol–water partition coefficient (Wildman–Crippen LogP) is 3.95. The molecule has 0 bridgehead atoms. The lowest BCUT2D eigenvalue weighted by molar-refractivity contribution is -0.173. The Bertz CT molecular complexity index is 672. The molecule has 1 amide bonds. The first-order chi connectivity index (χ1) is 11.9. The molecule has 0 heterocycles. The summed E-state index contributed by atoms with van der Waals surface area (Å²) < 4.78 is 36.2. The van der Waals surface area contributed by atoms with Crippen molar-refractivity contribution >= 4 is 11.6 Å². The van der Waals surface area contributed by atoms with Crippen LogP contribution in [-0.2, 0) is 17.6 Å². The first-order valence-electron chi connectivity index (χ1n) is 8.17. The van der Waals surface area contributed by atoms with Crippen LogP contribution in [0.15, 0.2) is 54.6 Å². The van der Waals surface area contributed by atoms with Gasteiger partial charge >= 0.3 is 12.1 Å². The first-order valence-corrected chi connectivity index (χ1v) is 8.17. The Balaban J connectivity index is 1.72. The third kappa shape index (κ3) is 6.87. The van der Waals surface area contributed by atoms with E-state index in [4.69, 9.17) is 0 Å². The van der Waals surface area contributed by atoms with Crippen LogP contribution in [-0.4, -0.2) is 25.2 Å². The van der Waals surface area contributed by atoms with Gasteiger partial charge in [-0.15, -0.1) is 0 Å². The van der Waals surface area contributed by atoms with Gasteiger partial charge in [-0.3, -0.25) is 4.79 Å². The van der Waals surface area contributed by atoms with E-state index in [0.29, 0.717) is 12.8 Å². The van der Waals surface area contributed by atoms with Crippen LogP contribution >= 0.6 is 0 Å². The Labute approximate surface area is 145 Å². The molecule has 0 radical (unpaired) electrons. The predicted molar refractivity (Wildman–Crippen MR) is 92.5 cm³/mol. The second-order valence-electron chi connectivity index (χ2n) is 5.72. The van der Waals surface area contributed by atoms with Crippen molar-refractivity contribution in [1.82, 2.24) is 5.32 Å². The Hall–Kier alpha value is -2.50. The molecule has 0 aliphatic heterocycles. The van der Waals surface area contributed by atoms with Crippen molar-refractivity contribution in [2.24, 2.45) is 0 Å². The molecule has 0 fully saturated rings. The fourth-order valence-electron chi connectivity index (χ4n) is 2.43. The molecule has 2 aromatic carbocycles. The van der Waals surface area contributed by atoms with E-state index in [-0.39, 0.29) is 6.54 Å². The number of hydrogen-bond donors (Lipinski definition) is 2. The van der Waals surface area contributed by atoms with Crippen molar-refractivity contribution < 1.29 is 18.0 Å². The van der Waals surface area contributed by atoms with Gasteiger partial charge in [0.1, 0.15) is 0 Å². The topological polar surface area (TPSA) is 41.1 Å². The number of halogens is 3. The normalized spacial score (nSPS) is 11.2. The molecular weight excluding hydrogens is 329 g/mol. The molecular formula is C19H21F3N2O. The van der Waals surface area contributed by atoms with Crippen molar-refractivity contribution in [3.8, 4) is 0 Å². The van der Waals surface area contributed by atoms with Crippen molar-refractivity contribution in [3.63, 3.8) is 0 Å². The fraction of sp³-hybridized carbons (Fsp3) is 0.316. The standard InChI is InChI=1S/C19H21F3N2O/c20-19(21,22)18(25)24-12-5-9-16-8-4-10-17(14-16)23-13-11-15-6-2-1-3-7-15/h1-4,6-8,10,14,23H,5,9,11-13H2,(H,24,25). The Morgan fingerprint density at radius 3 is 2.32 bits per heavy atom. The molecule has 0 atom stereocenters. The molecule has 134 valence electrons. The van der Waals surface area contributed by atoms with E-state index < -0.39 is 12.1 Å². The van der Waals surface area contributed by atoms with Gasteiger partial charge in [0, 0.05) is 18.8 Å². The van der Waals surface area contributed by atoms with E-state index in [1.165, 1.54) is 5.56 Å². The minimum absolute atomic E-state index is 0.00397. The zero-order valence-electron chi connectivity index (χ0n) is 13.8. The number of alkyl halides is 3. The average Bonchev–Trinajstić information content (AvgIpc) is 2.59. The van der Waals surface area contributed by atoms with Gasteiger partial charge in [-0.05, 0) is 42.5 Å². The zero-order chi connectivity index (χ0) is 18.1. The van der Waals surface area contributed by atoms with Crippen molar-refractivity contribution in [3.05, 3.63) is 65.7 Å². The van der Waals surface area contributed by atoms with Crippen molar-refractivity contribution in [2.45, 2.75) is 25.4 Å². The SMILES string of the molecule is O=C(NCCCc1cccc(NCCc2ccccc2)c1)C(F)(F)F. The first kappa shape index (κ1) is 18.8. The zero-order valence-corrected chi connectivity index (χ0v) is 13.8. The number of aryl methyl sites for hydroxylation is 1. The molecule has 2 rings (SSSR count). The largest absolute Gasteiger partial charge is 0.471 e. The molecule has 2 aromatic rings. The Morgan fingerprint density at radius 1 is 0.880 bits per heavy atom. The van der Waals surface area contributed by atoms with E-state index in [2.05, 4.69) is 17.4 Å². The second-order valence-corrected chi connectivity index (χ2v) is 5.72. The lowest BCUT2D eigenvalue weighted by Gasteiger charge is -2.10. The van der Waals surface area contributed by atoms with Gasteiger partial charge < -0.3 is 10.6 Å². The van der Waals surface area contributed by atoms with Gasteiger partial charge in [0.2, 0.25) is 0 Å². The summed E-state index contributed by atoms with van der Waals surface area (Å²) in [5.41, 5.74) is 3.25. The number of nitrogens with one attached hydrogen (secondary N) is 2. The Kier molecular flexibility index (Phi) is 6.86. The minimum Gasteiger partial charge on any atom is -0.385 e. The van der Waals surface area contributed by atoms with Gasteiger partial charge in [-0.2, -0.15) is 13.2 Å². The molecule has 0 saturated carbocycles. The number of carbonyl (C=O) groups is 1. The highest BCUT2D eigenvalue weighted by Crippen LogP contribution is 2.15. The van der Waals surface area contributed by atoms with E-state index in [1.54, 1.807) is 0 Å². The van der Waals surface area contributed by atoms with Gasteiger partial charge in [-0.25, -0.2) is 0 Å². The fourth-order valence-corrected chi connectivity index (χ4v) is 2.43. The van der Waals surface area contributed by atoms with E-state index >= 15 is 0 Å². The van der Waals surface area contributed by atoms with Crippen LogP contribution in [0.25, 0.3) is 0 Å². The number of hydrogen-bond acceptors (Lipinski definition) is 2. The van der Waals surface area contributed by atoms with E-state index in [0.717, 1.165) is 24.2 Å². The molecule has 0 aliphatic rings. The molecule has 0 aromatic heterocycles. The lowest BCUT2D eigenvalue weighted by atomic mass is 10.1. The summed E-state index contributed by atoms with van der Waals surface area (Å²) in [6, 6.07) is 17.9.